The lowest BCUT2D eigenvalue weighted by molar-refractivity contribution is -0.105. The molecule has 1 aromatic carbocycles. The Morgan fingerprint density at radius 2 is 1.85 bits per heavy atom. The zero-order chi connectivity index (χ0) is 10.1. The number of benzene rings is 1. The van der Waals surface area contributed by atoms with Crippen molar-refractivity contribution in [3.8, 4) is 0 Å². The van der Waals surface area contributed by atoms with Crippen molar-refractivity contribution in [3.63, 3.8) is 0 Å². The molecule has 0 fully saturated rings. The van der Waals surface area contributed by atoms with Gasteiger partial charge in [-0.2, -0.15) is 0 Å². The Hall–Kier alpha value is -1.38. The van der Waals surface area contributed by atoms with Crippen molar-refractivity contribution in [2.24, 2.45) is 0 Å². The molecular formula is C10H16FNO. The van der Waals surface area contributed by atoms with Gasteiger partial charge in [0.2, 0.25) is 6.41 Å². The second kappa shape index (κ2) is 7.28. The highest BCUT2D eigenvalue weighted by molar-refractivity contribution is 5.70. The summed E-state index contributed by atoms with van der Waals surface area (Å²) in [6, 6.07) is 5.55. The number of nitrogens with one attached hydrogen (secondary N) is 1. The third-order valence-electron chi connectivity index (χ3n) is 1.07. The lowest BCUT2D eigenvalue weighted by Gasteiger charge is -1.94. The Kier molecular flexibility index (Phi) is 6.51. The molecule has 1 amide bonds. The summed E-state index contributed by atoms with van der Waals surface area (Å²) >= 11 is 0. The number of rotatable bonds is 2. The van der Waals surface area contributed by atoms with Gasteiger partial charge in [-0.15, -0.1) is 0 Å². The van der Waals surface area contributed by atoms with E-state index in [0.717, 1.165) is 0 Å². The van der Waals surface area contributed by atoms with Crippen molar-refractivity contribution in [3.05, 3.63) is 30.1 Å². The van der Waals surface area contributed by atoms with Crippen molar-refractivity contribution < 1.29 is 10.6 Å². The first-order chi connectivity index (χ1) is 6.24. The molecule has 0 radical (unpaired) electrons. The average Bonchev–Trinajstić information content (AvgIpc) is 2.11. The van der Waals surface area contributed by atoms with E-state index in [1.165, 1.54) is 30.7 Å². The Bertz CT molecular complexity index is 238. The van der Waals surface area contributed by atoms with Crippen LogP contribution in [0.15, 0.2) is 24.3 Å². The molecule has 0 aliphatic rings. The van der Waals surface area contributed by atoms with Crippen LogP contribution in [0.2, 0.25) is 0 Å². The van der Waals surface area contributed by atoms with Gasteiger partial charge in [0, 0.05) is 7.11 Å². The number of carbonyl (C=O) groups excluding carboxylic acids is 1. The number of hydrogen-bond donors (Lipinski definition) is 1. The summed E-state index contributed by atoms with van der Waals surface area (Å²) in [7, 11) is 0. The van der Waals surface area contributed by atoms with Gasteiger partial charge in [0.05, 0.1) is 0 Å². The molecule has 0 atom stereocenters. The van der Waals surface area contributed by atoms with Gasteiger partial charge in [0.25, 0.3) is 0 Å². The minimum absolute atomic E-state index is 0. The molecule has 1 rings (SSSR count). The quantitative estimate of drug-likeness (QED) is 0.705. The van der Waals surface area contributed by atoms with Crippen molar-refractivity contribution in [1.82, 2.24) is 0 Å². The van der Waals surface area contributed by atoms with Crippen LogP contribution in [0.25, 0.3) is 0 Å². The fraction of sp³-hybridized carbons (Fsp3) is 0.300. The van der Waals surface area contributed by atoms with Crippen molar-refractivity contribution in [2.75, 3.05) is 5.32 Å². The van der Waals surface area contributed by atoms with Crippen LogP contribution in [-0.4, -0.2) is 6.41 Å². The van der Waals surface area contributed by atoms with E-state index in [-0.39, 0.29) is 7.24 Å². The topological polar surface area (TPSA) is 29.1 Å². The van der Waals surface area contributed by atoms with E-state index in [4.69, 9.17) is 0 Å². The molecule has 0 bridgehead atoms. The summed E-state index contributed by atoms with van der Waals surface area (Å²) in [6.45, 7) is 4.25. The fourth-order valence-corrected chi connectivity index (χ4v) is 0.614. The molecule has 3 heteroatoms. The highest BCUT2D eigenvalue weighted by atomic mass is 19.1. The Morgan fingerprint density at radius 3 is 2.23 bits per heavy atom. The van der Waals surface area contributed by atoms with Gasteiger partial charge in [-0.1, -0.05) is 20.3 Å². The summed E-state index contributed by atoms with van der Waals surface area (Å²) in [5.74, 6) is -0.309. The Morgan fingerprint density at radius 1 is 1.38 bits per heavy atom. The van der Waals surface area contributed by atoms with Gasteiger partial charge in [-0.05, 0) is 24.3 Å². The van der Waals surface area contributed by atoms with E-state index in [0.29, 0.717) is 12.1 Å². The van der Waals surface area contributed by atoms with Crippen LogP contribution in [0.5, 0.6) is 0 Å². The van der Waals surface area contributed by atoms with Crippen LogP contribution in [0.1, 0.15) is 21.7 Å². The van der Waals surface area contributed by atoms with E-state index in [1.807, 2.05) is 0 Å². The van der Waals surface area contributed by atoms with E-state index in [9.17, 15) is 9.18 Å². The maximum absolute atomic E-state index is 12.2. The van der Waals surface area contributed by atoms with Gasteiger partial charge in [-0.25, -0.2) is 4.39 Å². The Labute approximate surface area is 79.3 Å². The summed E-state index contributed by atoms with van der Waals surface area (Å²) in [5.41, 5.74) is 0.594. The zero-order valence-corrected chi connectivity index (χ0v) is 7.88. The van der Waals surface area contributed by atoms with Gasteiger partial charge in [0.15, 0.2) is 0 Å². The molecule has 0 saturated carbocycles. The summed E-state index contributed by atoms with van der Waals surface area (Å²) in [5, 5.41) is 2.39. The lowest BCUT2D eigenvalue weighted by atomic mass is 10.3. The third-order valence-corrected chi connectivity index (χ3v) is 1.07. The molecule has 0 aromatic heterocycles. The van der Waals surface area contributed by atoms with E-state index in [2.05, 4.69) is 19.2 Å². The number of hydrogen-bond acceptors (Lipinski definition) is 1. The molecule has 0 unspecified atom stereocenters. The molecule has 0 spiro atoms. The van der Waals surface area contributed by atoms with E-state index < -0.39 is 0 Å². The highest BCUT2D eigenvalue weighted by Crippen LogP contribution is 2.06. The second-order valence-corrected chi connectivity index (χ2v) is 2.48. The van der Waals surface area contributed by atoms with Crippen LogP contribution < -0.4 is 5.32 Å². The molecule has 0 saturated heterocycles. The molecule has 1 aromatic rings. The molecule has 2 nitrogen and oxygen atoms in total. The van der Waals surface area contributed by atoms with Crippen LogP contribution >= 0.6 is 0 Å². The summed E-state index contributed by atoms with van der Waals surface area (Å²) in [4.78, 5) is 9.85. The highest BCUT2D eigenvalue weighted by Gasteiger charge is 1.88. The molecule has 0 aliphatic heterocycles. The number of amides is 1. The van der Waals surface area contributed by atoms with Gasteiger partial charge < -0.3 is 5.32 Å². The summed E-state index contributed by atoms with van der Waals surface area (Å²) in [6.07, 6.45) is 1.80. The number of halogens is 1. The second-order valence-electron chi connectivity index (χ2n) is 2.48. The predicted molar refractivity (Wildman–Crippen MR) is 54.2 cm³/mol. The fourth-order valence-electron chi connectivity index (χ4n) is 0.614. The monoisotopic (exact) mass is 185 g/mol. The lowest BCUT2D eigenvalue weighted by Crippen LogP contribution is -1.92. The molecule has 0 aliphatic carbocycles. The smallest absolute Gasteiger partial charge is 0.211 e. The van der Waals surface area contributed by atoms with Crippen molar-refractivity contribution in [1.29, 1.82) is 0 Å². The zero-order valence-electron chi connectivity index (χ0n) is 7.88. The van der Waals surface area contributed by atoms with Crippen molar-refractivity contribution in [2.45, 2.75) is 20.3 Å². The molecular weight excluding hydrogens is 169 g/mol. The third kappa shape index (κ3) is 5.84. The average molecular weight is 185 g/mol. The maximum Gasteiger partial charge on any atom is 0.211 e. The van der Waals surface area contributed by atoms with Crippen LogP contribution in [0, 0.1) is 5.82 Å². The Balaban J connectivity index is 0. The minimum Gasteiger partial charge on any atom is -0.329 e. The minimum atomic E-state index is -0.309. The first-order valence-electron chi connectivity index (χ1n) is 4.20. The molecule has 13 heavy (non-hydrogen) atoms. The van der Waals surface area contributed by atoms with Gasteiger partial charge in [0.1, 0.15) is 5.82 Å². The van der Waals surface area contributed by atoms with Crippen LogP contribution in [-0.2, 0) is 4.79 Å². The first-order valence-corrected chi connectivity index (χ1v) is 4.20. The van der Waals surface area contributed by atoms with E-state index >= 15 is 0 Å². The molecule has 74 valence electrons. The molecule has 0 heterocycles. The maximum atomic E-state index is 12.2. The van der Waals surface area contributed by atoms with E-state index in [1.54, 1.807) is 0 Å². The number of anilines is 1. The molecule has 1 N–H and O–H groups in total. The van der Waals surface area contributed by atoms with Gasteiger partial charge >= 0.3 is 0 Å². The normalized spacial score (nSPS) is 8.23. The number of carbonyl (C=O) groups is 1. The van der Waals surface area contributed by atoms with Crippen LogP contribution in [0.3, 0.4) is 0 Å². The standard InChI is InChI=1S/C7H6FNO.C3H8.H2/c8-6-1-3-7(4-2-6)9-5-10;1-3-2;/h1-5H,(H,9,10);3H2,1-2H3;1H. The van der Waals surface area contributed by atoms with Crippen LogP contribution in [0.4, 0.5) is 10.1 Å². The first kappa shape index (κ1) is 11.6. The van der Waals surface area contributed by atoms with Crippen molar-refractivity contribution >= 4 is 12.1 Å². The predicted octanol–water partition coefficient (Wildman–Crippen LogP) is 3.06. The SMILES string of the molecule is CCC.O=CNc1ccc(F)cc1.[HH]. The largest absolute Gasteiger partial charge is 0.329 e. The summed E-state index contributed by atoms with van der Waals surface area (Å²) < 4.78 is 12.2. The van der Waals surface area contributed by atoms with Gasteiger partial charge in [-0.3, -0.25) is 4.79 Å².